The molecule has 2 N–H and O–H groups in total. The number of hydrogen-bond acceptors (Lipinski definition) is 7. The monoisotopic (exact) mass is 429 g/mol. The van der Waals surface area contributed by atoms with Crippen LogP contribution < -0.4 is 5.32 Å². The lowest BCUT2D eigenvalue weighted by atomic mass is 10.2. The van der Waals surface area contributed by atoms with Gasteiger partial charge in [0.1, 0.15) is 6.61 Å². The molecule has 0 bridgehead atoms. The van der Waals surface area contributed by atoms with E-state index in [9.17, 15) is 19.5 Å². The van der Waals surface area contributed by atoms with Crippen LogP contribution in [0.3, 0.4) is 0 Å². The first kappa shape index (κ1) is 24.0. The summed E-state index contributed by atoms with van der Waals surface area (Å²) in [6.07, 6.45) is -2.59. The molecule has 0 aliphatic carbocycles. The van der Waals surface area contributed by atoms with E-state index in [2.05, 4.69) is 5.32 Å². The molecule has 0 heterocycles. The molecule has 3 atom stereocenters. The number of nitrogens with one attached hydrogen (secondary N) is 1. The van der Waals surface area contributed by atoms with Crippen molar-refractivity contribution in [2.75, 3.05) is 6.61 Å². The van der Waals surface area contributed by atoms with E-state index in [-0.39, 0.29) is 19.8 Å². The molecule has 0 aromatic heterocycles. The van der Waals surface area contributed by atoms with Gasteiger partial charge >= 0.3 is 11.9 Å². The summed E-state index contributed by atoms with van der Waals surface area (Å²) in [5.74, 6) is -2.28. The SMILES string of the molecule is CC(=O)N[C@H](C(=O)O[C@H](COCc1ccccc1)C(=O)OCc1ccccc1)[C@@H](C)O. The molecule has 0 saturated heterocycles. The quantitative estimate of drug-likeness (QED) is 0.524. The summed E-state index contributed by atoms with van der Waals surface area (Å²) >= 11 is 0. The van der Waals surface area contributed by atoms with E-state index < -0.39 is 36.1 Å². The van der Waals surface area contributed by atoms with Crippen LogP contribution in [0.15, 0.2) is 60.7 Å². The van der Waals surface area contributed by atoms with Crippen molar-refractivity contribution in [1.29, 1.82) is 0 Å². The molecule has 0 aliphatic rings. The maximum absolute atomic E-state index is 12.6. The van der Waals surface area contributed by atoms with Crippen LogP contribution in [0.4, 0.5) is 0 Å². The fourth-order valence-corrected chi connectivity index (χ4v) is 2.64. The fourth-order valence-electron chi connectivity index (χ4n) is 2.64. The van der Waals surface area contributed by atoms with Crippen LogP contribution in [0.25, 0.3) is 0 Å². The molecular weight excluding hydrogens is 402 g/mol. The van der Waals surface area contributed by atoms with Gasteiger partial charge < -0.3 is 24.6 Å². The number of aliphatic hydroxyl groups excluding tert-OH is 1. The molecule has 2 rings (SSSR count). The average molecular weight is 429 g/mol. The Balaban J connectivity index is 2.03. The molecule has 0 fully saturated rings. The first-order chi connectivity index (χ1) is 14.9. The zero-order chi connectivity index (χ0) is 22.6. The summed E-state index contributed by atoms with van der Waals surface area (Å²) in [5.41, 5.74) is 1.65. The zero-order valence-electron chi connectivity index (χ0n) is 17.5. The van der Waals surface area contributed by atoms with Gasteiger partial charge in [0.15, 0.2) is 6.04 Å². The Morgan fingerprint density at radius 1 is 0.903 bits per heavy atom. The summed E-state index contributed by atoms with van der Waals surface area (Å²) < 4.78 is 16.1. The second kappa shape index (κ2) is 12.5. The van der Waals surface area contributed by atoms with E-state index in [1.54, 1.807) is 12.1 Å². The highest BCUT2D eigenvalue weighted by Gasteiger charge is 2.32. The number of rotatable bonds is 11. The molecule has 8 heteroatoms. The molecule has 8 nitrogen and oxygen atoms in total. The highest BCUT2D eigenvalue weighted by atomic mass is 16.6. The summed E-state index contributed by atoms with van der Waals surface area (Å²) in [6.45, 7) is 2.49. The molecule has 0 aliphatic heterocycles. The molecule has 0 unspecified atom stereocenters. The molecule has 2 aromatic carbocycles. The van der Waals surface area contributed by atoms with Crippen molar-refractivity contribution in [3.63, 3.8) is 0 Å². The maximum atomic E-state index is 12.6. The predicted octanol–water partition coefficient (Wildman–Crippen LogP) is 1.74. The lowest BCUT2D eigenvalue weighted by molar-refractivity contribution is -0.176. The first-order valence-electron chi connectivity index (χ1n) is 9.84. The van der Waals surface area contributed by atoms with Crippen LogP contribution in [0, 0.1) is 0 Å². The number of ether oxygens (including phenoxy) is 3. The summed E-state index contributed by atoms with van der Waals surface area (Å²) in [4.78, 5) is 36.4. The second-order valence-electron chi connectivity index (χ2n) is 6.94. The van der Waals surface area contributed by atoms with E-state index in [1.807, 2.05) is 48.5 Å². The van der Waals surface area contributed by atoms with Gasteiger partial charge in [-0.2, -0.15) is 0 Å². The Kier molecular flexibility index (Phi) is 9.67. The molecule has 2 aromatic rings. The van der Waals surface area contributed by atoms with Crippen LogP contribution in [0.1, 0.15) is 25.0 Å². The zero-order valence-corrected chi connectivity index (χ0v) is 17.5. The van der Waals surface area contributed by atoms with Gasteiger partial charge in [0.25, 0.3) is 0 Å². The number of esters is 2. The Labute approximate surface area is 181 Å². The number of carbonyl (C=O) groups is 3. The van der Waals surface area contributed by atoms with Crippen molar-refractivity contribution >= 4 is 17.8 Å². The third-order valence-corrected chi connectivity index (χ3v) is 4.22. The third kappa shape index (κ3) is 8.57. The van der Waals surface area contributed by atoms with Crippen molar-refractivity contribution in [2.45, 2.75) is 45.3 Å². The van der Waals surface area contributed by atoms with Gasteiger partial charge in [-0.15, -0.1) is 0 Å². The Morgan fingerprint density at radius 2 is 1.45 bits per heavy atom. The Morgan fingerprint density at radius 3 is 1.97 bits per heavy atom. The molecular formula is C23H27NO7. The molecule has 1 amide bonds. The van der Waals surface area contributed by atoms with Crippen LogP contribution >= 0.6 is 0 Å². The summed E-state index contributed by atoms with van der Waals surface area (Å²) in [5, 5.41) is 12.1. The number of benzene rings is 2. The topological polar surface area (TPSA) is 111 Å². The van der Waals surface area contributed by atoms with Gasteiger partial charge in [-0.25, -0.2) is 9.59 Å². The fraction of sp³-hybridized carbons (Fsp3) is 0.348. The molecule has 166 valence electrons. The van der Waals surface area contributed by atoms with E-state index in [4.69, 9.17) is 14.2 Å². The van der Waals surface area contributed by atoms with Crippen LogP contribution in [0.2, 0.25) is 0 Å². The highest BCUT2D eigenvalue weighted by Crippen LogP contribution is 2.09. The minimum Gasteiger partial charge on any atom is -0.458 e. The second-order valence-corrected chi connectivity index (χ2v) is 6.94. The van der Waals surface area contributed by atoms with Crippen molar-refractivity contribution in [3.8, 4) is 0 Å². The van der Waals surface area contributed by atoms with Gasteiger partial charge in [0, 0.05) is 6.92 Å². The Hall–Kier alpha value is -3.23. The molecule has 0 radical (unpaired) electrons. The van der Waals surface area contributed by atoms with Gasteiger partial charge in [-0.1, -0.05) is 60.7 Å². The molecule has 31 heavy (non-hydrogen) atoms. The summed E-state index contributed by atoms with van der Waals surface area (Å²) in [7, 11) is 0. The number of aliphatic hydroxyl groups is 1. The largest absolute Gasteiger partial charge is 0.458 e. The maximum Gasteiger partial charge on any atom is 0.350 e. The Bertz CT molecular complexity index is 840. The predicted molar refractivity (Wildman–Crippen MR) is 112 cm³/mol. The smallest absolute Gasteiger partial charge is 0.350 e. The van der Waals surface area contributed by atoms with Crippen molar-refractivity contribution in [1.82, 2.24) is 5.32 Å². The van der Waals surface area contributed by atoms with E-state index >= 15 is 0 Å². The van der Waals surface area contributed by atoms with Crippen LogP contribution in [0.5, 0.6) is 0 Å². The van der Waals surface area contributed by atoms with Gasteiger partial charge in [-0.05, 0) is 18.1 Å². The van der Waals surface area contributed by atoms with Crippen LogP contribution in [-0.4, -0.2) is 47.8 Å². The first-order valence-corrected chi connectivity index (χ1v) is 9.84. The molecule has 0 saturated carbocycles. The summed E-state index contributed by atoms with van der Waals surface area (Å²) in [6, 6.07) is 17.0. The van der Waals surface area contributed by atoms with Crippen molar-refractivity contribution in [2.24, 2.45) is 0 Å². The van der Waals surface area contributed by atoms with Crippen molar-refractivity contribution in [3.05, 3.63) is 71.8 Å². The lowest BCUT2D eigenvalue weighted by Crippen LogP contribution is -2.50. The molecule has 0 spiro atoms. The minimum absolute atomic E-state index is 0.00205. The van der Waals surface area contributed by atoms with Gasteiger partial charge in [0.2, 0.25) is 12.0 Å². The normalized spacial score (nSPS) is 13.5. The van der Waals surface area contributed by atoms with Crippen LogP contribution in [-0.2, 0) is 41.8 Å². The van der Waals surface area contributed by atoms with Crippen molar-refractivity contribution < 1.29 is 33.7 Å². The third-order valence-electron chi connectivity index (χ3n) is 4.22. The van der Waals surface area contributed by atoms with Gasteiger partial charge in [0.05, 0.1) is 19.3 Å². The van der Waals surface area contributed by atoms with E-state index in [1.165, 1.54) is 13.8 Å². The number of amides is 1. The lowest BCUT2D eigenvalue weighted by Gasteiger charge is -2.23. The van der Waals surface area contributed by atoms with Gasteiger partial charge in [-0.3, -0.25) is 4.79 Å². The standard InChI is InChI=1S/C23H27NO7/c1-16(25)21(24-17(2)26)23(28)31-20(15-29-13-18-9-5-3-6-10-18)22(27)30-14-19-11-7-4-8-12-19/h3-12,16,20-21,25H,13-15H2,1-2H3,(H,24,26)/t16-,20-,21+/m1/s1. The number of hydrogen-bond donors (Lipinski definition) is 2. The minimum atomic E-state index is -1.37. The number of carbonyl (C=O) groups excluding carboxylic acids is 3. The van der Waals surface area contributed by atoms with E-state index in [0.717, 1.165) is 11.1 Å². The average Bonchev–Trinajstić information content (AvgIpc) is 2.76. The van der Waals surface area contributed by atoms with E-state index in [0.29, 0.717) is 0 Å². The highest BCUT2D eigenvalue weighted by molar-refractivity contribution is 5.86.